The number of hydrogen-bond acceptors (Lipinski definition) is 3. The van der Waals surface area contributed by atoms with Gasteiger partial charge in [-0.25, -0.2) is 8.42 Å². The van der Waals surface area contributed by atoms with Gasteiger partial charge in [-0.1, -0.05) is 30.3 Å². The van der Waals surface area contributed by atoms with Crippen molar-refractivity contribution in [1.29, 1.82) is 0 Å². The number of benzene rings is 2. The lowest BCUT2D eigenvalue weighted by Gasteiger charge is -2.23. The molecule has 0 aliphatic carbocycles. The maximum atomic E-state index is 12.5. The van der Waals surface area contributed by atoms with E-state index in [0.717, 1.165) is 10.8 Å². The SMILES string of the molecule is CN(C(=O)c1ccc2ccccc2c1)[C@@H]1CCS(=O)(=O)C1. The Morgan fingerprint density at radius 2 is 1.86 bits per heavy atom. The van der Waals surface area contributed by atoms with Gasteiger partial charge in [0.25, 0.3) is 5.91 Å². The van der Waals surface area contributed by atoms with Crippen molar-refractivity contribution in [3.8, 4) is 0 Å². The van der Waals surface area contributed by atoms with E-state index in [1.165, 1.54) is 0 Å². The molecule has 1 fully saturated rings. The molecule has 1 atom stereocenters. The lowest BCUT2D eigenvalue weighted by molar-refractivity contribution is 0.0748. The highest BCUT2D eigenvalue weighted by molar-refractivity contribution is 7.91. The Labute approximate surface area is 124 Å². The van der Waals surface area contributed by atoms with Crippen molar-refractivity contribution >= 4 is 26.5 Å². The predicted octanol–water partition coefficient (Wildman–Crippen LogP) is 2.10. The van der Waals surface area contributed by atoms with E-state index in [1.54, 1.807) is 18.0 Å². The summed E-state index contributed by atoms with van der Waals surface area (Å²) in [4.78, 5) is 14.1. The minimum absolute atomic E-state index is 0.0722. The molecule has 1 amide bonds. The maximum absolute atomic E-state index is 12.5. The van der Waals surface area contributed by atoms with Crippen LogP contribution in [0.3, 0.4) is 0 Å². The van der Waals surface area contributed by atoms with E-state index >= 15 is 0 Å². The first kappa shape index (κ1) is 14.1. The van der Waals surface area contributed by atoms with E-state index in [0.29, 0.717) is 12.0 Å². The molecule has 0 saturated carbocycles. The number of rotatable bonds is 2. The normalized spacial score (nSPS) is 20.5. The number of hydrogen-bond donors (Lipinski definition) is 0. The van der Waals surface area contributed by atoms with Crippen LogP contribution in [0.2, 0.25) is 0 Å². The summed E-state index contributed by atoms with van der Waals surface area (Å²) in [6, 6.07) is 13.2. The van der Waals surface area contributed by atoms with Crippen LogP contribution in [0.15, 0.2) is 42.5 Å². The smallest absolute Gasteiger partial charge is 0.253 e. The third kappa shape index (κ3) is 2.78. The van der Waals surface area contributed by atoms with Crippen LogP contribution in [-0.4, -0.2) is 43.8 Å². The first-order valence-corrected chi connectivity index (χ1v) is 8.75. The highest BCUT2D eigenvalue weighted by Gasteiger charge is 2.33. The summed E-state index contributed by atoms with van der Waals surface area (Å²) < 4.78 is 23.1. The first-order chi connectivity index (χ1) is 9.96. The van der Waals surface area contributed by atoms with Gasteiger partial charge in [0.2, 0.25) is 0 Å². The van der Waals surface area contributed by atoms with Gasteiger partial charge in [0.1, 0.15) is 0 Å². The molecule has 0 N–H and O–H groups in total. The zero-order valence-corrected chi connectivity index (χ0v) is 12.6. The third-order valence-corrected chi connectivity index (χ3v) is 5.82. The van der Waals surface area contributed by atoms with Gasteiger partial charge in [-0.3, -0.25) is 4.79 Å². The zero-order chi connectivity index (χ0) is 15.0. The Bertz CT molecular complexity index is 798. The second-order valence-electron chi connectivity index (χ2n) is 5.53. The number of carbonyl (C=O) groups is 1. The molecule has 0 unspecified atom stereocenters. The Morgan fingerprint density at radius 3 is 2.52 bits per heavy atom. The van der Waals surface area contributed by atoms with Crippen molar-refractivity contribution in [3.63, 3.8) is 0 Å². The van der Waals surface area contributed by atoms with E-state index in [2.05, 4.69) is 0 Å². The number of amides is 1. The summed E-state index contributed by atoms with van der Waals surface area (Å²) in [7, 11) is -1.30. The number of fused-ring (bicyclic) bond motifs is 1. The largest absolute Gasteiger partial charge is 0.338 e. The molecule has 2 aromatic rings. The Kier molecular flexibility index (Phi) is 3.45. The van der Waals surface area contributed by atoms with Crippen molar-refractivity contribution in [1.82, 2.24) is 4.90 Å². The molecule has 3 rings (SSSR count). The lowest BCUT2D eigenvalue weighted by atomic mass is 10.1. The van der Waals surface area contributed by atoms with Gasteiger partial charge >= 0.3 is 0 Å². The molecule has 1 aliphatic heterocycles. The van der Waals surface area contributed by atoms with Gasteiger partial charge in [0, 0.05) is 18.7 Å². The van der Waals surface area contributed by atoms with Crippen LogP contribution in [0, 0.1) is 0 Å². The molecule has 0 bridgehead atoms. The van der Waals surface area contributed by atoms with Crippen LogP contribution >= 0.6 is 0 Å². The van der Waals surface area contributed by atoms with Crippen LogP contribution in [-0.2, 0) is 9.84 Å². The van der Waals surface area contributed by atoms with Crippen molar-refractivity contribution in [2.45, 2.75) is 12.5 Å². The standard InChI is InChI=1S/C16H17NO3S/c1-17(15-8-9-21(19,20)11-15)16(18)14-7-6-12-4-2-3-5-13(12)10-14/h2-7,10,15H,8-9,11H2,1H3/t15-/m1/s1. The number of sulfone groups is 1. The van der Waals surface area contributed by atoms with E-state index in [-0.39, 0.29) is 23.5 Å². The molecule has 1 heterocycles. The molecule has 5 heteroatoms. The van der Waals surface area contributed by atoms with Crippen LogP contribution in [0.25, 0.3) is 10.8 Å². The van der Waals surface area contributed by atoms with E-state index in [9.17, 15) is 13.2 Å². The topological polar surface area (TPSA) is 54.5 Å². The van der Waals surface area contributed by atoms with Gasteiger partial charge < -0.3 is 4.90 Å². The van der Waals surface area contributed by atoms with E-state index < -0.39 is 9.84 Å². The van der Waals surface area contributed by atoms with Gasteiger partial charge in [-0.15, -0.1) is 0 Å². The molecule has 0 radical (unpaired) electrons. The van der Waals surface area contributed by atoms with Crippen LogP contribution in [0.4, 0.5) is 0 Å². The summed E-state index contributed by atoms with van der Waals surface area (Å²) >= 11 is 0. The second kappa shape index (κ2) is 5.15. The van der Waals surface area contributed by atoms with E-state index in [4.69, 9.17) is 0 Å². The number of carbonyl (C=O) groups excluding carboxylic acids is 1. The zero-order valence-electron chi connectivity index (χ0n) is 11.8. The number of nitrogens with zero attached hydrogens (tertiary/aromatic N) is 1. The summed E-state index contributed by atoms with van der Waals surface area (Å²) in [6.07, 6.45) is 0.526. The third-order valence-electron chi connectivity index (χ3n) is 4.07. The van der Waals surface area contributed by atoms with Crippen molar-refractivity contribution in [2.24, 2.45) is 0 Å². The summed E-state index contributed by atoms with van der Waals surface area (Å²) in [5.74, 6) is 0.124. The van der Waals surface area contributed by atoms with E-state index in [1.807, 2.05) is 36.4 Å². The Morgan fingerprint density at radius 1 is 1.14 bits per heavy atom. The van der Waals surface area contributed by atoms with Crippen molar-refractivity contribution in [2.75, 3.05) is 18.6 Å². The summed E-state index contributed by atoms with van der Waals surface area (Å²) in [5, 5.41) is 2.09. The monoisotopic (exact) mass is 303 g/mol. The molecule has 21 heavy (non-hydrogen) atoms. The Balaban J connectivity index is 1.86. The molecule has 0 spiro atoms. The van der Waals surface area contributed by atoms with Gasteiger partial charge in [0.15, 0.2) is 9.84 Å². The molecule has 0 aromatic heterocycles. The molecule has 110 valence electrons. The molecule has 2 aromatic carbocycles. The molecule has 1 saturated heterocycles. The van der Waals surface area contributed by atoms with Crippen LogP contribution < -0.4 is 0 Å². The minimum Gasteiger partial charge on any atom is -0.338 e. The fourth-order valence-electron chi connectivity index (χ4n) is 2.77. The summed E-state index contributed by atoms with van der Waals surface area (Å²) in [6.45, 7) is 0. The maximum Gasteiger partial charge on any atom is 0.253 e. The summed E-state index contributed by atoms with van der Waals surface area (Å²) in [5.41, 5.74) is 0.598. The molecular weight excluding hydrogens is 286 g/mol. The minimum atomic E-state index is -2.98. The van der Waals surface area contributed by atoms with Crippen molar-refractivity contribution < 1.29 is 13.2 Å². The fourth-order valence-corrected chi connectivity index (χ4v) is 4.55. The average molecular weight is 303 g/mol. The average Bonchev–Trinajstić information content (AvgIpc) is 2.85. The predicted molar refractivity (Wildman–Crippen MR) is 83.1 cm³/mol. The van der Waals surface area contributed by atoms with Gasteiger partial charge in [-0.2, -0.15) is 0 Å². The molecule has 4 nitrogen and oxygen atoms in total. The highest BCUT2D eigenvalue weighted by Crippen LogP contribution is 2.21. The fraction of sp³-hybridized carbons (Fsp3) is 0.312. The quantitative estimate of drug-likeness (QED) is 0.853. The first-order valence-electron chi connectivity index (χ1n) is 6.93. The Hall–Kier alpha value is -1.88. The van der Waals surface area contributed by atoms with Crippen LogP contribution in [0.1, 0.15) is 16.8 Å². The van der Waals surface area contributed by atoms with Crippen molar-refractivity contribution in [3.05, 3.63) is 48.0 Å². The molecule has 1 aliphatic rings. The van der Waals surface area contributed by atoms with Gasteiger partial charge in [0.05, 0.1) is 11.5 Å². The highest BCUT2D eigenvalue weighted by atomic mass is 32.2. The molecular formula is C16H17NO3S. The lowest BCUT2D eigenvalue weighted by Crippen LogP contribution is -2.37. The second-order valence-corrected chi connectivity index (χ2v) is 7.76. The van der Waals surface area contributed by atoms with Crippen LogP contribution in [0.5, 0.6) is 0 Å². The van der Waals surface area contributed by atoms with Gasteiger partial charge in [-0.05, 0) is 29.3 Å².